The normalized spacial score (nSPS) is 23.2. The van der Waals surface area contributed by atoms with Gasteiger partial charge in [0, 0.05) is 6.42 Å². The lowest BCUT2D eigenvalue weighted by atomic mass is 10.1. The predicted octanol–water partition coefficient (Wildman–Crippen LogP) is 2.27. The van der Waals surface area contributed by atoms with Crippen LogP contribution in [0.1, 0.15) is 42.5 Å². The van der Waals surface area contributed by atoms with Gasteiger partial charge in [-0.25, -0.2) is 4.98 Å². The zero-order valence-corrected chi connectivity index (χ0v) is 11.2. The van der Waals surface area contributed by atoms with Crippen molar-refractivity contribution in [3.8, 4) is 0 Å². The van der Waals surface area contributed by atoms with E-state index in [4.69, 9.17) is 9.47 Å². The number of esters is 1. The average Bonchev–Trinajstić information content (AvgIpc) is 2.60. The van der Waals surface area contributed by atoms with Crippen molar-refractivity contribution in [2.45, 2.75) is 45.8 Å². The van der Waals surface area contributed by atoms with E-state index in [2.05, 4.69) is 4.98 Å². The van der Waals surface area contributed by atoms with Crippen LogP contribution in [0.25, 0.3) is 0 Å². The Kier molecular flexibility index (Phi) is 3.79. The maximum atomic E-state index is 11.4. The van der Waals surface area contributed by atoms with E-state index in [9.17, 15) is 4.79 Å². The minimum Gasteiger partial charge on any atom is -0.466 e. The van der Waals surface area contributed by atoms with Crippen molar-refractivity contribution in [1.82, 2.24) is 4.98 Å². The Bertz CT molecular complexity index is 416. The van der Waals surface area contributed by atoms with Crippen LogP contribution in [0.2, 0.25) is 0 Å². The maximum absolute atomic E-state index is 11.4. The van der Waals surface area contributed by atoms with Gasteiger partial charge in [0.2, 0.25) is 0 Å². The van der Waals surface area contributed by atoms with Crippen molar-refractivity contribution in [2.75, 3.05) is 6.61 Å². The molecule has 1 aromatic rings. The van der Waals surface area contributed by atoms with Gasteiger partial charge in [-0.3, -0.25) is 4.79 Å². The fraction of sp³-hybridized carbons (Fsp3) is 0.667. The molecule has 0 spiro atoms. The van der Waals surface area contributed by atoms with Crippen LogP contribution in [0.4, 0.5) is 0 Å². The third kappa shape index (κ3) is 2.84. The van der Waals surface area contributed by atoms with Crippen LogP contribution in [-0.2, 0) is 27.1 Å². The number of thiazole rings is 1. The van der Waals surface area contributed by atoms with E-state index in [-0.39, 0.29) is 24.6 Å². The highest BCUT2D eigenvalue weighted by Gasteiger charge is 2.26. The number of rotatable bonds is 3. The van der Waals surface area contributed by atoms with Crippen LogP contribution in [0.3, 0.4) is 0 Å². The number of hydrogen-bond acceptors (Lipinski definition) is 5. The first-order chi connectivity index (χ1) is 8.10. The summed E-state index contributed by atoms with van der Waals surface area (Å²) in [4.78, 5) is 17.1. The van der Waals surface area contributed by atoms with E-state index in [1.165, 1.54) is 0 Å². The predicted molar refractivity (Wildman–Crippen MR) is 65.1 cm³/mol. The Balaban J connectivity index is 2.12. The Morgan fingerprint density at radius 3 is 3.06 bits per heavy atom. The average molecular weight is 255 g/mol. The zero-order valence-electron chi connectivity index (χ0n) is 10.4. The molecule has 0 aromatic carbocycles. The molecule has 0 amide bonds. The second kappa shape index (κ2) is 5.14. The largest absolute Gasteiger partial charge is 0.466 e. The Hall–Kier alpha value is -0.940. The standard InChI is InChI=1S/C12H17NO3S/c1-4-15-11(14)6-10-13-9-5-7(2)16-8(3)12(9)17-10/h7-8H,4-6H2,1-3H3. The molecule has 17 heavy (non-hydrogen) atoms. The summed E-state index contributed by atoms with van der Waals surface area (Å²) in [5.41, 5.74) is 1.08. The van der Waals surface area contributed by atoms with E-state index in [0.717, 1.165) is 22.0 Å². The van der Waals surface area contributed by atoms with Crippen molar-refractivity contribution < 1.29 is 14.3 Å². The summed E-state index contributed by atoms with van der Waals surface area (Å²) in [5.74, 6) is -0.208. The molecule has 1 aliphatic heterocycles. The van der Waals surface area contributed by atoms with E-state index >= 15 is 0 Å². The van der Waals surface area contributed by atoms with Crippen LogP contribution < -0.4 is 0 Å². The molecular weight excluding hydrogens is 238 g/mol. The van der Waals surface area contributed by atoms with Crippen LogP contribution in [0.5, 0.6) is 0 Å². The van der Waals surface area contributed by atoms with Gasteiger partial charge < -0.3 is 9.47 Å². The molecule has 1 aromatic heterocycles. The van der Waals surface area contributed by atoms with Gasteiger partial charge in [-0.2, -0.15) is 0 Å². The third-order valence-corrected chi connectivity index (χ3v) is 3.92. The van der Waals surface area contributed by atoms with Gasteiger partial charge in [0.25, 0.3) is 0 Å². The van der Waals surface area contributed by atoms with E-state index < -0.39 is 0 Å². The second-order valence-electron chi connectivity index (χ2n) is 4.19. The van der Waals surface area contributed by atoms with Gasteiger partial charge in [-0.15, -0.1) is 11.3 Å². The maximum Gasteiger partial charge on any atom is 0.312 e. The lowest BCUT2D eigenvalue weighted by Gasteiger charge is -2.23. The number of nitrogens with zero attached hydrogens (tertiary/aromatic N) is 1. The van der Waals surface area contributed by atoms with Crippen molar-refractivity contribution in [1.29, 1.82) is 0 Å². The lowest BCUT2D eigenvalue weighted by molar-refractivity contribution is -0.142. The third-order valence-electron chi connectivity index (χ3n) is 2.66. The molecule has 2 atom stereocenters. The zero-order chi connectivity index (χ0) is 12.4. The molecular formula is C12H17NO3S. The Labute approximate surface area is 105 Å². The molecule has 4 nitrogen and oxygen atoms in total. The molecule has 0 saturated heterocycles. The van der Waals surface area contributed by atoms with E-state index in [1.54, 1.807) is 11.3 Å². The summed E-state index contributed by atoms with van der Waals surface area (Å²) in [6.07, 6.45) is 1.39. The number of carbonyl (C=O) groups excluding carboxylic acids is 1. The topological polar surface area (TPSA) is 48.4 Å². The number of aromatic nitrogens is 1. The molecule has 0 saturated carbocycles. The minimum absolute atomic E-state index is 0.0854. The van der Waals surface area contributed by atoms with Crippen molar-refractivity contribution in [3.05, 3.63) is 15.6 Å². The highest BCUT2D eigenvalue weighted by molar-refractivity contribution is 7.11. The smallest absolute Gasteiger partial charge is 0.312 e. The first kappa shape index (κ1) is 12.5. The molecule has 94 valence electrons. The van der Waals surface area contributed by atoms with Crippen LogP contribution in [0, 0.1) is 0 Å². The Morgan fingerprint density at radius 2 is 2.35 bits per heavy atom. The monoisotopic (exact) mass is 255 g/mol. The molecule has 0 radical (unpaired) electrons. The highest BCUT2D eigenvalue weighted by atomic mass is 32.1. The molecule has 1 aliphatic rings. The summed E-state index contributed by atoms with van der Waals surface area (Å²) in [7, 11) is 0. The van der Waals surface area contributed by atoms with Gasteiger partial charge in [0.1, 0.15) is 5.01 Å². The summed E-state index contributed by atoms with van der Waals surface area (Å²) in [6, 6.07) is 0. The minimum atomic E-state index is -0.208. The van der Waals surface area contributed by atoms with Gasteiger partial charge in [-0.1, -0.05) is 0 Å². The summed E-state index contributed by atoms with van der Waals surface area (Å²) < 4.78 is 10.7. The summed E-state index contributed by atoms with van der Waals surface area (Å²) in [6.45, 7) is 6.30. The van der Waals surface area contributed by atoms with Gasteiger partial charge in [0.05, 0.1) is 35.8 Å². The van der Waals surface area contributed by atoms with Crippen molar-refractivity contribution in [2.24, 2.45) is 0 Å². The van der Waals surface area contributed by atoms with Gasteiger partial charge >= 0.3 is 5.97 Å². The lowest BCUT2D eigenvalue weighted by Crippen LogP contribution is -2.20. The molecule has 0 bridgehead atoms. The summed E-state index contributed by atoms with van der Waals surface area (Å²) in [5, 5.41) is 0.831. The molecule has 2 unspecified atom stereocenters. The van der Waals surface area contributed by atoms with Crippen molar-refractivity contribution >= 4 is 17.3 Å². The molecule has 0 N–H and O–H groups in total. The van der Waals surface area contributed by atoms with Crippen molar-refractivity contribution in [3.63, 3.8) is 0 Å². The molecule has 0 aliphatic carbocycles. The molecule has 2 rings (SSSR count). The second-order valence-corrected chi connectivity index (χ2v) is 5.31. The fourth-order valence-corrected chi connectivity index (χ4v) is 3.09. The summed E-state index contributed by atoms with van der Waals surface area (Å²) >= 11 is 1.56. The van der Waals surface area contributed by atoms with Crippen LogP contribution >= 0.6 is 11.3 Å². The van der Waals surface area contributed by atoms with Gasteiger partial charge in [0.15, 0.2) is 0 Å². The molecule has 0 fully saturated rings. The van der Waals surface area contributed by atoms with E-state index in [0.29, 0.717) is 6.61 Å². The fourth-order valence-electron chi connectivity index (χ4n) is 2.02. The first-order valence-electron chi connectivity index (χ1n) is 5.89. The highest BCUT2D eigenvalue weighted by Crippen LogP contribution is 2.34. The molecule has 2 heterocycles. The molecule has 5 heteroatoms. The number of hydrogen-bond donors (Lipinski definition) is 0. The van der Waals surface area contributed by atoms with E-state index in [1.807, 2.05) is 20.8 Å². The number of ether oxygens (including phenoxy) is 2. The first-order valence-corrected chi connectivity index (χ1v) is 6.71. The Morgan fingerprint density at radius 1 is 1.59 bits per heavy atom. The van der Waals surface area contributed by atoms with Crippen LogP contribution in [0.15, 0.2) is 0 Å². The SMILES string of the molecule is CCOC(=O)Cc1nc2c(s1)C(C)OC(C)C2. The van der Waals surface area contributed by atoms with Crippen LogP contribution in [-0.4, -0.2) is 23.7 Å². The quantitative estimate of drug-likeness (QED) is 0.777. The number of carbonyl (C=O) groups is 1. The number of fused-ring (bicyclic) bond motifs is 1. The van der Waals surface area contributed by atoms with Gasteiger partial charge in [-0.05, 0) is 20.8 Å².